The van der Waals surface area contributed by atoms with E-state index in [0.717, 1.165) is 42.8 Å². The number of hydroxylamine groups is 4. The number of anilines is 2. The molecule has 0 saturated heterocycles. The molecule has 6 aromatic carbocycles. The van der Waals surface area contributed by atoms with E-state index < -0.39 is 24.0 Å². The van der Waals surface area contributed by atoms with Crippen molar-refractivity contribution in [1.82, 2.24) is 19.9 Å². The molecule has 6 aromatic rings. The Kier molecular flexibility index (Phi) is 14.6. The van der Waals surface area contributed by atoms with Gasteiger partial charge in [0.2, 0.25) is 0 Å². The summed E-state index contributed by atoms with van der Waals surface area (Å²) in [5.41, 5.74) is 2.70. The van der Waals surface area contributed by atoms with Gasteiger partial charge in [-0.2, -0.15) is 10.1 Å². The van der Waals surface area contributed by atoms with Gasteiger partial charge < -0.3 is 30.1 Å². The van der Waals surface area contributed by atoms with E-state index in [0.29, 0.717) is 34.3 Å². The molecule has 0 heterocycles. The molecule has 0 fully saturated rings. The number of benzene rings is 6. The van der Waals surface area contributed by atoms with Crippen LogP contribution in [-0.4, -0.2) is 85.2 Å². The Morgan fingerprint density at radius 2 is 0.850 bits per heavy atom. The van der Waals surface area contributed by atoms with Crippen LogP contribution in [0.15, 0.2) is 133 Å². The lowest BCUT2D eigenvalue weighted by atomic mass is 10.0. The number of carbonyl (C=O) groups excluding carboxylic acids is 4. The molecule has 14 heteroatoms. The number of rotatable bonds is 12. The first-order valence-corrected chi connectivity index (χ1v) is 20.0. The van der Waals surface area contributed by atoms with Crippen LogP contribution < -0.4 is 10.6 Å². The van der Waals surface area contributed by atoms with E-state index in [1.807, 2.05) is 123 Å². The van der Waals surface area contributed by atoms with Crippen molar-refractivity contribution in [2.75, 3.05) is 51.9 Å². The van der Waals surface area contributed by atoms with Gasteiger partial charge in [-0.15, -0.1) is 0 Å². The summed E-state index contributed by atoms with van der Waals surface area (Å²) in [6.45, 7) is -0.247. The molecule has 0 aliphatic carbocycles. The van der Waals surface area contributed by atoms with Gasteiger partial charge in [0.15, 0.2) is 0 Å². The van der Waals surface area contributed by atoms with Gasteiger partial charge in [0.25, 0.3) is 0 Å². The topological polar surface area (TPSA) is 124 Å². The standard InChI is InChI=1S/C46H46Cl2N6O6/c1-51(2)41(33-13-19-37(47)20-14-33)25-27-53(45(57)49-39-23-17-31-9-5-7-11-35(31)29-39)59-43(55)44(56)60-54(28-26-42(52(3)4)34-15-21-38(48)22-16-34)46(58)50-40-24-18-32-10-6-8-12-36(32)30-40/h5-24,29-30,41-42H,25-28H2,1-4H3,(H,49,57)(H,50,58). The number of hydrogen-bond donors (Lipinski definition) is 2. The Morgan fingerprint density at radius 3 is 1.20 bits per heavy atom. The van der Waals surface area contributed by atoms with Crippen molar-refractivity contribution in [1.29, 1.82) is 0 Å². The molecule has 0 bridgehead atoms. The van der Waals surface area contributed by atoms with Crippen molar-refractivity contribution in [3.8, 4) is 0 Å². The largest absolute Gasteiger partial charge is 0.444 e. The molecule has 2 N–H and O–H groups in total. The van der Waals surface area contributed by atoms with Gasteiger partial charge >= 0.3 is 24.0 Å². The lowest BCUT2D eigenvalue weighted by Crippen LogP contribution is -2.44. The number of urea groups is 2. The van der Waals surface area contributed by atoms with Gasteiger partial charge in [0.05, 0.1) is 13.1 Å². The SMILES string of the molecule is CN(C)C(CCN(OC(=O)C(=O)ON(CCC(c1ccc(Cl)cc1)N(C)C)C(=O)Nc1ccc2ccccc2c1)C(=O)Nc1ccc2ccccc2c1)c1ccc(Cl)cc1. The fourth-order valence-corrected chi connectivity index (χ4v) is 7.10. The summed E-state index contributed by atoms with van der Waals surface area (Å²) in [4.78, 5) is 69.9. The molecule has 0 spiro atoms. The molecular formula is C46H46Cl2N6O6. The average Bonchev–Trinajstić information content (AvgIpc) is 3.23. The van der Waals surface area contributed by atoms with E-state index in [-0.39, 0.29) is 25.2 Å². The van der Waals surface area contributed by atoms with Crippen molar-refractivity contribution in [3.05, 3.63) is 155 Å². The molecule has 0 aliphatic heterocycles. The Hall–Kier alpha value is -6.18. The number of nitrogens with zero attached hydrogens (tertiary/aromatic N) is 4. The highest BCUT2D eigenvalue weighted by molar-refractivity contribution is 6.31. The van der Waals surface area contributed by atoms with Crippen molar-refractivity contribution >= 4 is 80.1 Å². The smallest absolute Gasteiger partial charge is 0.325 e. The van der Waals surface area contributed by atoms with Crippen molar-refractivity contribution < 1.29 is 28.9 Å². The highest BCUT2D eigenvalue weighted by Crippen LogP contribution is 2.27. The van der Waals surface area contributed by atoms with Crippen LogP contribution >= 0.6 is 23.2 Å². The maximum Gasteiger partial charge on any atom is 0.444 e. The number of amides is 4. The summed E-state index contributed by atoms with van der Waals surface area (Å²) < 4.78 is 0. The summed E-state index contributed by atoms with van der Waals surface area (Å²) in [6, 6.07) is 38.5. The second kappa shape index (κ2) is 20.2. The number of carbonyl (C=O) groups is 4. The van der Waals surface area contributed by atoms with Gasteiger partial charge in [0.1, 0.15) is 0 Å². The van der Waals surface area contributed by atoms with E-state index in [4.69, 9.17) is 32.9 Å². The maximum absolute atomic E-state index is 13.9. The molecule has 2 atom stereocenters. The first kappa shape index (κ1) is 43.4. The third-order valence-electron chi connectivity index (χ3n) is 9.97. The van der Waals surface area contributed by atoms with E-state index in [1.54, 1.807) is 48.5 Å². The fourth-order valence-electron chi connectivity index (χ4n) is 6.85. The van der Waals surface area contributed by atoms with Crippen LogP contribution in [0.5, 0.6) is 0 Å². The first-order chi connectivity index (χ1) is 28.8. The van der Waals surface area contributed by atoms with Crippen molar-refractivity contribution in [3.63, 3.8) is 0 Å². The van der Waals surface area contributed by atoms with Crippen LogP contribution in [0.4, 0.5) is 21.0 Å². The zero-order valence-corrected chi connectivity index (χ0v) is 35.2. The Balaban J connectivity index is 1.22. The van der Waals surface area contributed by atoms with Crippen molar-refractivity contribution in [2.45, 2.75) is 24.9 Å². The quantitative estimate of drug-likeness (QED) is 0.0922. The normalized spacial score (nSPS) is 12.2. The predicted octanol–water partition coefficient (Wildman–Crippen LogP) is 9.97. The van der Waals surface area contributed by atoms with E-state index in [2.05, 4.69) is 10.6 Å². The third kappa shape index (κ3) is 11.5. The molecule has 0 aromatic heterocycles. The summed E-state index contributed by atoms with van der Waals surface area (Å²) in [6.07, 6.45) is 0.581. The summed E-state index contributed by atoms with van der Waals surface area (Å²) in [5.74, 6) is -3.02. The van der Waals surface area contributed by atoms with Crippen LogP contribution in [0.2, 0.25) is 10.0 Å². The van der Waals surface area contributed by atoms with E-state index in [1.165, 1.54) is 0 Å². The summed E-state index contributed by atoms with van der Waals surface area (Å²) in [5, 5.41) is 12.0. The van der Waals surface area contributed by atoms with Crippen LogP contribution in [0.1, 0.15) is 36.1 Å². The monoisotopic (exact) mass is 848 g/mol. The highest BCUT2D eigenvalue weighted by atomic mass is 35.5. The Morgan fingerprint density at radius 1 is 0.500 bits per heavy atom. The second-order valence-corrected chi connectivity index (χ2v) is 15.5. The van der Waals surface area contributed by atoms with Crippen molar-refractivity contribution in [2.24, 2.45) is 0 Å². The minimum Gasteiger partial charge on any atom is -0.325 e. The third-order valence-corrected chi connectivity index (χ3v) is 10.5. The van der Waals surface area contributed by atoms with E-state index >= 15 is 0 Å². The fraction of sp³-hybridized carbons (Fsp3) is 0.217. The molecule has 310 valence electrons. The number of nitrogens with one attached hydrogen (secondary N) is 2. The molecule has 0 saturated carbocycles. The van der Waals surface area contributed by atoms with Gasteiger partial charge in [-0.05, 0) is 122 Å². The number of fused-ring (bicyclic) bond motifs is 2. The molecule has 2 unspecified atom stereocenters. The molecule has 0 radical (unpaired) electrons. The van der Waals surface area contributed by atoms with E-state index in [9.17, 15) is 19.2 Å². The van der Waals surface area contributed by atoms with Crippen LogP contribution in [-0.2, 0) is 19.3 Å². The Labute approximate surface area is 359 Å². The second-order valence-electron chi connectivity index (χ2n) is 14.6. The molecular weight excluding hydrogens is 803 g/mol. The number of halogens is 2. The van der Waals surface area contributed by atoms with Gasteiger partial charge in [-0.25, -0.2) is 19.2 Å². The average molecular weight is 850 g/mol. The Bertz CT molecular complexity index is 2280. The van der Waals surface area contributed by atoms with Crippen LogP contribution in [0, 0.1) is 0 Å². The molecule has 12 nitrogen and oxygen atoms in total. The maximum atomic E-state index is 13.9. The summed E-state index contributed by atoms with van der Waals surface area (Å²) in [7, 11) is 7.53. The first-order valence-electron chi connectivity index (χ1n) is 19.3. The lowest BCUT2D eigenvalue weighted by molar-refractivity contribution is -0.203. The zero-order chi connectivity index (χ0) is 42.8. The van der Waals surface area contributed by atoms with Gasteiger partial charge in [-0.3, -0.25) is 0 Å². The molecule has 6 rings (SSSR count). The molecule has 0 aliphatic rings. The predicted molar refractivity (Wildman–Crippen MR) is 237 cm³/mol. The van der Waals surface area contributed by atoms with Gasteiger partial charge in [-0.1, -0.05) is 108 Å². The lowest BCUT2D eigenvalue weighted by Gasteiger charge is -2.29. The molecule has 60 heavy (non-hydrogen) atoms. The van der Waals surface area contributed by atoms with Gasteiger partial charge in [0, 0.05) is 33.5 Å². The van der Waals surface area contributed by atoms with Crippen LogP contribution in [0.25, 0.3) is 21.5 Å². The zero-order valence-electron chi connectivity index (χ0n) is 33.7. The number of hydrogen-bond acceptors (Lipinski definition) is 8. The van der Waals surface area contributed by atoms with Crippen LogP contribution in [0.3, 0.4) is 0 Å². The highest BCUT2D eigenvalue weighted by Gasteiger charge is 2.31. The molecule has 4 amide bonds. The summed E-state index contributed by atoms with van der Waals surface area (Å²) >= 11 is 12.3. The minimum atomic E-state index is -1.51. The minimum absolute atomic E-state index is 0.123.